The van der Waals surface area contributed by atoms with Gasteiger partial charge >= 0.3 is 30.3 Å². The Kier molecular flexibility index (Phi) is 4.49. The summed E-state index contributed by atoms with van der Waals surface area (Å²) in [5.41, 5.74) is 0. The number of halogens is 11. The average Bonchev–Trinajstić information content (AvgIpc) is 2.11. The second-order valence-corrected chi connectivity index (χ2v) is 2.83. The molecule has 0 aliphatic rings. The number of alkyl halides is 8. The number of ether oxygens (including phenoxy) is 1. The SMILES string of the molecule is OC(F)(F)OC(F)(F)C(F)(F)C(F)(F)C(F)=C(F)F. The highest BCUT2D eigenvalue weighted by Gasteiger charge is 2.77. The summed E-state index contributed by atoms with van der Waals surface area (Å²) in [7, 11) is 0. The van der Waals surface area contributed by atoms with E-state index in [1.54, 1.807) is 4.74 Å². The molecule has 0 rings (SSSR count). The molecule has 19 heavy (non-hydrogen) atoms. The van der Waals surface area contributed by atoms with Crippen LogP contribution in [0, 0.1) is 0 Å². The predicted octanol–water partition coefficient (Wildman–Crippen LogP) is 3.49. The molecular weight excluding hydrogens is 313 g/mol. The van der Waals surface area contributed by atoms with Gasteiger partial charge in [0.05, 0.1) is 0 Å². The molecule has 0 radical (unpaired) electrons. The van der Waals surface area contributed by atoms with Gasteiger partial charge in [0.15, 0.2) is 0 Å². The van der Waals surface area contributed by atoms with Crippen molar-refractivity contribution in [2.75, 3.05) is 0 Å². The zero-order valence-electron chi connectivity index (χ0n) is 8.01. The minimum Gasteiger partial charge on any atom is -0.311 e. The molecule has 0 saturated carbocycles. The van der Waals surface area contributed by atoms with Crippen molar-refractivity contribution in [2.45, 2.75) is 24.2 Å². The van der Waals surface area contributed by atoms with E-state index in [0.717, 1.165) is 0 Å². The molecule has 0 atom stereocenters. The van der Waals surface area contributed by atoms with Crippen LogP contribution >= 0.6 is 0 Å². The molecule has 2 nitrogen and oxygen atoms in total. The lowest BCUT2D eigenvalue weighted by molar-refractivity contribution is -0.501. The standard InChI is InChI=1S/C6HF11O2/c7-1(2(8)9)3(10,11)4(12,13)5(14,15)19-6(16,17)18/h18H. The van der Waals surface area contributed by atoms with Crippen LogP contribution in [0.25, 0.3) is 0 Å². The van der Waals surface area contributed by atoms with Gasteiger partial charge in [0, 0.05) is 0 Å². The highest BCUT2D eigenvalue weighted by molar-refractivity contribution is 5.13. The van der Waals surface area contributed by atoms with E-state index < -0.39 is 36.2 Å². The molecule has 0 amide bonds. The molecule has 0 bridgehead atoms. The summed E-state index contributed by atoms with van der Waals surface area (Å²) in [6.45, 7) is 0. The third-order valence-electron chi connectivity index (χ3n) is 1.45. The lowest BCUT2D eigenvalue weighted by atomic mass is 10.1. The van der Waals surface area contributed by atoms with Crippen LogP contribution in [0.2, 0.25) is 0 Å². The van der Waals surface area contributed by atoms with E-state index >= 15 is 0 Å². The van der Waals surface area contributed by atoms with Crippen LogP contribution < -0.4 is 0 Å². The Hall–Kier alpha value is -1.11. The van der Waals surface area contributed by atoms with Crippen molar-refractivity contribution in [3.63, 3.8) is 0 Å². The van der Waals surface area contributed by atoms with Crippen molar-refractivity contribution in [3.05, 3.63) is 11.9 Å². The third kappa shape index (κ3) is 3.46. The molecule has 1 N–H and O–H groups in total. The molecule has 0 aromatic heterocycles. The quantitative estimate of drug-likeness (QED) is 0.622. The van der Waals surface area contributed by atoms with Gasteiger partial charge in [-0.2, -0.15) is 39.5 Å². The molecule has 0 saturated heterocycles. The van der Waals surface area contributed by atoms with Gasteiger partial charge in [-0.1, -0.05) is 0 Å². The Morgan fingerprint density at radius 3 is 1.42 bits per heavy atom. The smallest absolute Gasteiger partial charge is 0.311 e. The Morgan fingerprint density at radius 2 is 1.16 bits per heavy atom. The van der Waals surface area contributed by atoms with Crippen LogP contribution in [0.5, 0.6) is 0 Å². The summed E-state index contributed by atoms with van der Waals surface area (Å²) in [4.78, 5) is 0. The Bertz CT molecular complexity index is 364. The molecule has 0 spiro atoms. The molecule has 0 fully saturated rings. The molecule has 114 valence electrons. The molecule has 0 heterocycles. The van der Waals surface area contributed by atoms with Crippen molar-refractivity contribution < 1.29 is 58.1 Å². The highest BCUT2D eigenvalue weighted by atomic mass is 19.4. The molecular formula is C6HF11O2. The highest BCUT2D eigenvalue weighted by Crippen LogP contribution is 2.51. The number of allylic oxidation sites excluding steroid dienone is 1. The van der Waals surface area contributed by atoms with Gasteiger partial charge in [-0.15, -0.1) is 8.78 Å². The van der Waals surface area contributed by atoms with Crippen molar-refractivity contribution in [1.29, 1.82) is 0 Å². The monoisotopic (exact) mass is 314 g/mol. The number of rotatable bonds is 5. The molecule has 0 unspecified atom stereocenters. The maximum Gasteiger partial charge on any atom is 0.487 e. The van der Waals surface area contributed by atoms with E-state index in [1.165, 1.54) is 0 Å². The third-order valence-corrected chi connectivity index (χ3v) is 1.45. The zero-order chi connectivity index (χ0) is 15.9. The second kappa shape index (κ2) is 4.77. The fourth-order valence-corrected chi connectivity index (χ4v) is 0.658. The first-order valence-corrected chi connectivity index (χ1v) is 3.71. The van der Waals surface area contributed by atoms with Crippen LogP contribution in [-0.4, -0.2) is 29.4 Å². The summed E-state index contributed by atoms with van der Waals surface area (Å²) in [5, 5.41) is 7.36. The fourth-order valence-electron chi connectivity index (χ4n) is 0.658. The summed E-state index contributed by atoms with van der Waals surface area (Å²) in [5.74, 6) is -18.3. The zero-order valence-corrected chi connectivity index (χ0v) is 8.01. The van der Waals surface area contributed by atoms with Gasteiger partial charge in [-0.25, -0.2) is 4.74 Å². The maximum absolute atomic E-state index is 12.4. The summed E-state index contributed by atoms with van der Waals surface area (Å²) in [6, 6.07) is 0. The molecule has 13 heteroatoms. The topological polar surface area (TPSA) is 29.5 Å². The van der Waals surface area contributed by atoms with Gasteiger partial charge in [0.1, 0.15) is 0 Å². The van der Waals surface area contributed by atoms with E-state index in [-0.39, 0.29) is 0 Å². The Balaban J connectivity index is 5.66. The van der Waals surface area contributed by atoms with Gasteiger partial charge in [0.2, 0.25) is 5.83 Å². The predicted molar refractivity (Wildman–Crippen MR) is 33.4 cm³/mol. The fraction of sp³-hybridized carbons (Fsp3) is 0.667. The van der Waals surface area contributed by atoms with Crippen LogP contribution in [-0.2, 0) is 4.74 Å². The van der Waals surface area contributed by atoms with Crippen molar-refractivity contribution in [3.8, 4) is 0 Å². The summed E-state index contributed by atoms with van der Waals surface area (Å²) >= 11 is 0. The van der Waals surface area contributed by atoms with Crippen molar-refractivity contribution in [2.24, 2.45) is 0 Å². The molecule has 0 aromatic carbocycles. The number of hydrogen-bond donors (Lipinski definition) is 1. The maximum atomic E-state index is 12.4. The first kappa shape index (κ1) is 17.9. The van der Waals surface area contributed by atoms with Crippen molar-refractivity contribution in [1.82, 2.24) is 0 Å². The lowest BCUT2D eigenvalue weighted by Gasteiger charge is -2.31. The number of aliphatic hydroxyl groups is 1. The Morgan fingerprint density at radius 1 is 0.789 bits per heavy atom. The van der Waals surface area contributed by atoms with Crippen molar-refractivity contribution >= 4 is 0 Å². The van der Waals surface area contributed by atoms with E-state index in [4.69, 9.17) is 5.11 Å². The molecule has 0 aliphatic carbocycles. The average molecular weight is 314 g/mol. The molecule has 0 aliphatic heterocycles. The van der Waals surface area contributed by atoms with Crippen LogP contribution in [0.1, 0.15) is 0 Å². The van der Waals surface area contributed by atoms with E-state index in [2.05, 4.69) is 0 Å². The van der Waals surface area contributed by atoms with Gasteiger partial charge in [-0.05, 0) is 0 Å². The summed E-state index contributed by atoms with van der Waals surface area (Å²) < 4.78 is 134. The lowest BCUT2D eigenvalue weighted by Crippen LogP contribution is -2.57. The van der Waals surface area contributed by atoms with E-state index in [1.807, 2.05) is 0 Å². The first-order valence-electron chi connectivity index (χ1n) is 3.71. The normalized spacial score (nSPS) is 14.5. The summed E-state index contributed by atoms with van der Waals surface area (Å²) in [6.07, 6.45) is -16.9. The van der Waals surface area contributed by atoms with Crippen LogP contribution in [0.15, 0.2) is 11.9 Å². The van der Waals surface area contributed by atoms with Gasteiger partial charge in [-0.3, -0.25) is 0 Å². The van der Waals surface area contributed by atoms with Crippen LogP contribution in [0.4, 0.5) is 48.3 Å². The second-order valence-electron chi connectivity index (χ2n) is 2.83. The first-order chi connectivity index (χ1) is 8.06. The van der Waals surface area contributed by atoms with Gasteiger partial charge < -0.3 is 5.11 Å². The van der Waals surface area contributed by atoms with E-state index in [9.17, 15) is 48.3 Å². The van der Waals surface area contributed by atoms with Crippen LogP contribution in [0.3, 0.4) is 0 Å². The molecule has 0 aromatic rings. The minimum atomic E-state index is -7.14. The minimum absolute atomic E-state index is 1.63. The number of hydrogen-bond acceptors (Lipinski definition) is 2. The van der Waals surface area contributed by atoms with E-state index in [0.29, 0.717) is 0 Å². The Labute approximate surface area is 95.6 Å². The van der Waals surface area contributed by atoms with Gasteiger partial charge in [0.25, 0.3) is 0 Å². The largest absolute Gasteiger partial charge is 0.487 e.